The van der Waals surface area contributed by atoms with E-state index in [1.807, 2.05) is 30.3 Å². The van der Waals surface area contributed by atoms with Gasteiger partial charge in [0.1, 0.15) is 6.04 Å². The Hall–Kier alpha value is -2.63. The number of fused-ring (bicyclic) bond motifs is 1. The van der Waals surface area contributed by atoms with Gasteiger partial charge >= 0.3 is 0 Å². The molecule has 1 saturated heterocycles. The van der Waals surface area contributed by atoms with Gasteiger partial charge in [0.05, 0.1) is 24.0 Å². The SMILES string of the molecule is O=C([C@H]1CCCN1C(=O)Cc1ccccc1)N1CCCc2[nH]ncc21. The van der Waals surface area contributed by atoms with Gasteiger partial charge in [0, 0.05) is 13.1 Å². The van der Waals surface area contributed by atoms with Crippen molar-refractivity contribution in [1.82, 2.24) is 15.1 Å². The molecule has 0 radical (unpaired) electrons. The van der Waals surface area contributed by atoms with E-state index in [0.29, 0.717) is 19.5 Å². The number of carbonyl (C=O) groups excluding carboxylic acids is 2. The van der Waals surface area contributed by atoms with Crippen LogP contribution in [0, 0.1) is 0 Å². The van der Waals surface area contributed by atoms with Crippen molar-refractivity contribution < 1.29 is 9.59 Å². The molecule has 6 heteroatoms. The molecule has 2 aliphatic heterocycles. The first kappa shape index (κ1) is 15.9. The van der Waals surface area contributed by atoms with Gasteiger partial charge < -0.3 is 9.80 Å². The smallest absolute Gasteiger partial charge is 0.249 e. The highest BCUT2D eigenvalue weighted by Gasteiger charge is 2.38. The molecule has 1 aromatic carbocycles. The van der Waals surface area contributed by atoms with Crippen molar-refractivity contribution in [1.29, 1.82) is 0 Å². The average molecular weight is 338 g/mol. The zero-order valence-electron chi connectivity index (χ0n) is 14.1. The molecule has 0 spiro atoms. The van der Waals surface area contributed by atoms with Crippen LogP contribution in [0.25, 0.3) is 0 Å². The number of aromatic nitrogens is 2. The predicted octanol–water partition coefficient (Wildman–Crippen LogP) is 1.92. The van der Waals surface area contributed by atoms with Crippen LogP contribution in [0.4, 0.5) is 5.69 Å². The van der Waals surface area contributed by atoms with E-state index in [4.69, 9.17) is 0 Å². The summed E-state index contributed by atoms with van der Waals surface area (Å²) in [5.74, 6) is 0.0627. The van der Waals surface area contributed by atoms with Gasteiger partial charge in [-0.3, -0.25) is 14.7 Å². The van der Waals surface area contributed by atoms with Gasteiger partial charge in [0.2, 0.25) is 11.8 Å². The van der Waals surface area contributed by atoms with Crippen molar-refractivity contribution in [2.45, 2.75) is 38.1 Å². The Morgan fingerprint density at radius 2 is 2.00 bits per heavy atom. The molecule has 1 N–H and O–H groups in total. The summed E-state index contributed by atoms with van der Waals surface area (Å²) >= 11 is 0. The number of H-pyrrole nitrogens is 1. The fourth-order valence-corrected chi connectivity index (χ4v) is 3.86. The van der Waals surface area contributed by atoms with Gasteiger partial charge in [-0.2, -0.15) is 5.10 Å². The first-order valence-electron chi connectivity index (χ1n) is 8.91. The lowest BCUT2D eigenvalue weighted by Crippen LogP contribution is -2.49. The molecule has 0 aliphatic carbocycles. The summed E-state index contributed by atoms with van der Waals surface area (Å²) in [4.78, 5) is 29.4. The lowest BCUT2D eigenvalue weighted by Gasteiger charge is -2.32. The van der Waals surface area contributed by atoms with Gasteiger partial charge in [-0.1, -0.05) is 30.3 Å². The summed E-state index contributed by atoms with van der Waals surface area (Å²) in [7, 11) is 0. The fourth-order valence-electron chi connectivity index (χ4n) is 3.86. The zero-order valence-corrected chi connectivity index (χ0v) is 14.1. The number of carbonyl (C=O) groups is 2. The Kier molecular flexibility index (Phi) is 4.26. The normalized spacial score (nSPS) is 19.8. The van der Waals surface area contributed by atoms with Crippen molar-refractivity contribution in [3.8, 4) is 0 Å². The summed E-state index contributed by atoms with van der Waals surface area (Å²) in [5, 5.41) is 7.05. The Balaban J connectivity index is 1.50. The first-order chi connectivity index (χ1) is 12.2. The van der Waals surface area contributed by atoms with Crippen LogP contribution in [-0.2, 0) is 22.4 Å². The standard InChI is InChI=1S/C19H22N4O2/c24-18(12-14-6-2-1-3-7-14)22-10-5-9-16(22)19(25)23-11-4-8-15-17(23)13-20-21-15/h1-3,6-7,13,16H,4-5,8-12H2,(H,20,21)/t16-/m1/s1. The van der Waals surface area contributed by atoms with Crippen LogP contribution in [0.3, 0.4) is 0 Å². The van der Waals surface area contributed by atoms with E-state index in [-0.39, 0.29) is 17.9 Å². The van der Waals surface area contributed by atoms with Crippen LogP contribution >= 0.6 is 0 Å². The third kappa shape index (κ3) is 3.04. The van der Waals surface area contributed by atoms with Crippen LogP contribution in [0.15, 0.2) is 36.5 Å². The summed E-state index contributed by atoms with van der Waals surface area (Å²) in [6.07, 6.45) is 5.52. The molecule has 6 nitrogen and oxygen atoms in total. The minimum Gasteiger partial charge on any atom is -0.330 e. The van der Waals surface area contributed by atoms with E-state index < -0.39 is 0 Å². The summed E-state index contributed by atoms with van der Waals surface area (Å²) in [6.45, 7) is 1.36. The highest BCUT2D eigenvalue weighted by Crippen LogP contribution is 2.28. The Morgan fingerprint density at radius 3 is 2.84 bits per heavy atom. The van der Waals surface area contributed by atoms with Gasteiger partial charge in [-0.15, -0.1) is 0 Å². The number of hydrogen-bond donors (Lipinski definition) is 1. The molecule has 0 saturated carbocycles. The van der Waals surface area contributed by atoms with Crippen molar-refractivity contribution in [2.24, 2.45) is 0 Å². The zero-order chi connectivity index (χ0) is 17.2. The topological polar surface area (TPSA) is 69.3 Å². The van der Waals surface area contributed by atoms with Crippen LogP contribution in [0.5, 0.6) is 0 Å². The first-order valence-corrected chi connectivity index (χ1v) is 8.91. The van der Waals surface area contributed by atoms with Gasteiger partial charge in [0.15, 0.2) is 0 Å². The molecule has 0 bridgehead atoms. The minimum absolute atomic E-state index is 0.0289. The number of nitrogens with one attached hydrogen (secondary N) is 1. The van der Waals surface area contributed by atoms with Crippen molar-refractivity contribution in [2.75, 3.05) is 18.0 Å². The number of aromatic amines is 1. The third-order valence-corrected chi connectivity index (χ3v) is 5.12. The lowest BCUT2D eigenvalue weighted by atomic mass is 10.1. The predicted molar refractivity (Wildman–Crippen MR) is 94.1 cm³/mol. The number of nitrogens with zero attached hydrogens (tertiary/aromatic N) is 3. The van der Waals surface area contributed by atoms with Crippen LogP contribution in [0.1, 0.15) is 30.5 Å². The van der Waals surface area contributed by atoms with E-state index in [0.717, 1.165) is 42.6 Å². The van der Waals surface area contributed by atoms with Gasteiger partial charge in [-0.25, -0.2) is 0 Å². The highest BCUT2D eigenvalue weighted by molar-refractivity contribution is 6.00. The maximum atomic E-state index is 13.1. The number of hydrogen-bond acceptors (Lipinski definition) is 3. The quantitative estimate of drug-likeness (QED) is 0.930. The molecular weight excluding hydrogens is 316 g/mol. The molecule has 2 aromatic rings. The van der Waals surface area contributed by atoms with Crippen LogP contribution in [0.2, 0.25) is 0 Å². The molecule has 2 amide bonds. The number of benzene rings is 1. The number of anilines is 1. The van der Waals surface area contributed by atoms with Crippen molar-refractivity contribution in [3.05, 3.63) is 47.8 Å². The number of likely N-dealkylation sites (tertiary alicyclic amines) is 1. The van der Waals surface area contributed by atoms with Gasteiger partial charge in [0.25, 0.3) is 0 Å². The second-order valence-electron chi connectivity index (χ2n) is 6.73. The summed E-state index contributed by atoms with van der Waals surface area (Å²) < 4.78 is 0. The lowest BCUT2D eigenvalue weighted by molar-refractivity contribution is -0.136. The van der Waals surface area contributed by atoms with Crippen LogP contribution < -0.4 is 4.90 Å². The Bertz CT molecular complexity index is 771. The molecule has 4 rings (SSSR count). The highest BCUT2D eigenvalue weighted by atomic mass is 16.2. The molecule has 25 heavy (non-hydrogen) atoms. The second kappa shape index (κ2) is 6.70. The number of amides is 2. The fraction of sp³-hybridized carbons (Fsp3) is 0.421. The average Bonchev–Trinajstić information content (AvgIpc) is 3.31. The Labute approximate surface area is 146 Å². The van der Waals surface area contributed by atoms with Gasteiger partial charge in [-0.05, 0) is 31.2 Å². The molecule has 0 unspecified atom stereocenters. The maximum Gasteiger partial charge on any atom is 0.249 e. The number of aryl methyl sites for hydroxylation is 1. The molecule has 1 atom stereocenters. The van der Waals surface area contributed by atoms with E-state index in [1.165, 1.54) is 0 Å². The van der Waals surface area contributed by atoms with E-state index in [9.17, 15) is 9.59 Å². The molecule has 3 heterocycles. The molecule has 1 fully saturated rings. The van der Waals surface area contributed by atoms with E-state index >= 15 is 0 Å². The molecule has 130 valence electrons. The molecular formula is C19H22N4O2. The largest absolute Gasteiger partial charge is 0.330 e. The summed E-state index contributed by atoms with van der Waals surface area (Å²) in [6, 6.07) is 9.36. The number of rotatable bonds is 3. The van der Waals surface area contributed by atoms with Crippen LogP contribution in [-0.4, -0.2) is 46.0 Å². The van der Waals surface area contributed by atoms with Crippen molar-refractivity contribution >= 4 is 17.5 Å². The Morgan fingerprint density at radius 1 is 1.16 bits per heavy atom. The van der Waals surface area contributed by atoms with E-state index in [2.05, 4.69) is 10.2 Å². The molecule has 1 aromatic heterocycles. The summed E-state index contributed by atoms with van der Waals surface area (Å²) in [5.41, 5.74) is 2.87. The monoisotopic (exact) mass is 338 g/mol. The molecule has 2 aliphatic rings. The van der Waals surface area contributed by atoms with E-state index in [1.54, 1.807) is 16.0 Å². The maximum absolute atomic E-state index is 13.1. The van der Waals surface area contributed by atoms with Crippen molar-refractivity contribution in [3.63, 3.8) is 0 Å². The third-order valence-electron chi connectivity index (χ3n) is 5.12. The second-order valence-corrected chi connectivity index (χ2v) is 6.73. The minimum atomic E-state index is -0.350.